The Bertz CT molecular complexity index is 584. The number of nitrogens with zero attached hydrogens (tertiary/aromatic N) is 2. The molecular formula is C15H17FN4O. The van der Waals surface area contributed by atoms with Crippen molar-refractivity contribution in [3.63, 3.8) is 0 Å². The van der Waals surface area contributed by atoms with E-state index in [-0.39, 0.29) is 17.4 Å². The lowest BCUT2D eigenvalue weighted by Crippen LogP contribution is -2.26. The van der Waals surface area contributed by atoms with Gasteiger partial charge in [-0.2, -0.15) is 0 Å². The number of nitrogens with one attached hydrogen (secondary N) is 2. The molecule has 0 aliphatic carbocycles. The fourth-order valence-electron chi connectivity index (χ4n) is 1.78. The van der Waals surface area contributed by atoms with Gasteiger partial charge in [0.25, 0.3) is 5.91 Å². The Morgan fingerprint density at radius 1 is 1.19 bits per heavy atom. The summed E-state index contributed by atoms with van der Waals surface area (Å²) in [5, 5.41) is 5.76. The van der Waals surface area contributed by atoms with Crippen LogP contribution in [0.25, 0.3) is 0 Å². The van der Waals surface area contributed by atoms with Gasteiger partial charge in [0.2, 0.25) is 0 Å². The van der Waals surface area contributed by atoms with E-state index in [0.29, 0.717) is 18.8 Å². The lowest BCUT2D eigenvalue weighted by Gasteiger charge is -2.06. The van der Waals surface area contributed by atoms with Crippen LogP contribution in [0.15, 0.2) is 36.7 Å². The van der Waals surface area contributed by atoms with E-state index in [9.17, 15) is 9.18 Å². The second-order valence-corrected chi connectivity index (χ2v) is 4.45. The molecule has 0 aliphatic heterocycles. The zero-order chi connectivity index (χ0) is 15.1. The molecule has 110 valence electrons. The fourth-order valence-corrected chi connectivity index (χ4v) is 1.78. The highest BCUT2D eigenvalue weighted by atomic mass is 19.1. The summed E-state index contributed by atoms with van der Waals surface area (Å²) in [6.45, 7) is 3.16. The molecule has 21 heavy (non-hydrogen) atoms. The van der Waals surface area contributed by atoms with Gasteiger partial charge in [-0.15, -0.1) is 0 Å². The molecule has 1 aromatic carbocycles. The second kappa shape index (κ2) is 7.33. The maximum atomic E-state index is 12.8. The van der Waals surface area contributed by atoms with Crippen LogP contribution in [0.5, 0.6) is 0 Å². The molecule has 1 aromatic heterocycles. The normalized spacial score (nSPS) is 10.2. The zero-order valence-electron chi connectivity index (χ0n) is 11.8. The maximum Gasteiger partial charge on any atom is 0.271 e. The molecule has 1 heterocycles. The topological polar surface area (TPSA) is 66.9 Å². The van der Waals surface area contributed by atoms with Crippen LogP contribution in [-0.2, 0) is 6.42 Å². The van der Waals surface area contributed by atoms with Crippen molar-refractivity contribution < 1.29 is 9.18 Å². The first-order chi connectivity index (χ1) is 10.2. The van der Waals surface area contributed by atoms with Crippen molar-refractivity contribution in [1.29, 1.82) is 0 Å². The highest BCUT2D eigenvalue weighted by molar-refractivity contribution is 5.91. The molecular weight excluding hydrogens is 271 g/mol. The third-order valence-electron chi connectivity index (χ3n) is 2.85. The van der Waals surface area contributed by atoms with Gasteiger partial charge in [-0.05, 0) is 31.0 Å². The van der Waals surface area contributed by atoms with Crippen molar-refractivity contribution in [2.24, 2.45) is 0 Å². The van der Waals surface area contributed by atoms with E-state index in [1.807, 2.05) is 6.92 Å². The zero-order valence-corrected chi connectivity index (χ0v) is 11.8. The van der Waals surface area contributed by atoms with Gasteiger partial charge < -0.3 is 10.6 Å². The third kappa shape index (κ3) is 4.52. The largest absolute Gasteiger partial charge is 0.369 e. The van der Waals surface area contributed by atoms with Crippen molar-refractivity contribution >= 4 is 11.7 Å². The van der Waals surface area contributed by atoms with Crippen molar-refractivity contribution in [3.8, 4) is 0 Å². The van der Waals surface area contributed by atoms with E-state index < -0.39 is 0 Å². The summed E-state index contributed by atoms with van der Waals surface area (Å²) in [7, 11) is 0. The highest BCUT2D eigenvalue weighted by Gasteiger charge is 2.07. The molecule has 6 heteroatoms. The Kier molecular flexibility index (Phi) is 5.20. The highest BCUT2D eigenvalue weighted by Crippen LogP contribution is 2.03. The van der Waals surface area contributed by atoms with Crippen LogP contribution in [0.3, 0.4) is 0 Å². The number of aromatic nitrogens is 2. The fraction of sp³-hybridized carbons (Fsp3) is 0.267. The average Bonchev–Trinajstić information content (AvgIpc) is 2.50. The molecule has 5 nitrogen and oxygen atoms in total. The number of carbonyl (C=O) groups is 1. The molecule has 2 rings (SSSR count). The molecule has 0 unspecified atom stereocenters. The van der Waals surface area contributed by atoms with Gasteiger partial charge in [0.15, 0.2) is 0 Å². The van der Waals surface area contributed by atoms with Crippen LogP contribution in [0.1, 0.15) is 23.0 Å². The van der Waals surface area contributed by atoms with Gasteiger partial charge in [-0.3, -0.25) is 4.79 Å². The Morgan fingerprint density at radius 2 is 1.95 bits per heavy atom. The van der Waals surface area contributed by atoms with Gasteiger partial charge in [-0.25, -0.2) is 14.4 Å². The smallest absolute Gasteiger partial charge is 0.271 e. The summed E-state index contributed by atoms with van der Waals surface area (Å²) in [5.41, 5.74) is 1.24. The molecule has 0 bridgehead atoms. The average molecular weight is 288 g/mol. The molecule has 0 fully saturated rings. The molecule has 1 amide bonds. The number of benzene rings is 1. The minimum absolute atomic E-state index is 0.265. The van der Waals surface area contributed by atoms with Gasteiger partial charge in [0.1, 0.15) is 17.3 Å². The van der Waals surface area contributed by atoms with Crippen molar-refractivity contribution in [2.45, 2.75) is 13.3 Å². The summed E-state index contributed by atoms with van der Waals surface area (Å²) in [4.78, 5) is 20.0. The number of amides is 1. The van der Waals surface area contributed by atoms with Crippen LogP contribution < -0.4 is 10.6 Å². The van der Waals surface area contributed by atoms with Crippen LogP contribution in [0, 0.1) is 5.82 Å². The first-order valence-electron chi connectivity index (χ1n) is 6.77. The predicted octanol–water partition coefficient (Wildman–Crippen LogP) is 2.02. The number of halogens is 1. The number of hydrogen-bond donors (Lipinski definition) is 2. The third-order valence-corrected chi connectivity index (χ3v) is 2.85. The summed E-state index contributed by atoms with van der Waals surface area (Å²) in [6.07, 6.45) is 3.60. The van der Waals surface area contributed by atoms with E-state index in [2.05, 4.69) is 20.6 Å². The van der Waals surface area contributed by atoms with E-state index >= 15 is 0 Å². The Labute approximate surface area is 122 Å². The molecule has 0 radical (unpaired) electrons. The summed E-state index contributed by atoms with van der Waals surface area (Å²) >= 11 is 0. The first kappa shape index (κ1) is 14.9. The summed E-state index contributed by atoms with van der Waals surface area (Å²) in [5.74, 6) is 0.104. The SMILES string of the molecule is CCNc1cnc(C(=O)NCCc2ccc(F)cc2)cn1. The van der Waals surface area contributed by atoms with E-state index in [4.69, 9.17) is 0 Å². The maximum absolute atomic E-state index is 12.8. The Hall–Kier alpha value is -2.50. The van der Waals surface area contributed by atoms with E-state index in [1.54, 1.807) is 12.1 Å². The minimum Gasteiger partial charge on any atom is -0.369 e. The predicted molar refractivity (Wildman–Crippen MR) is 78.6 cm³/mol. The molecule has 0 saturated carbocycles. The van der Waals surface area contributed by atoms with Crippen molar-refractivity contribution in [3.05, 3.63) is 53.7 Å². The lowest BCUT2D eigenvalue weighted by molar-refractivity contribution is 0.0949. The van der Waals surface area contributed by atoms with Crippen LogP contribution in [0.2, 0.25) is 0 Å². The van der Waals surface area contributed by atoms with Gasteiger partial charge in [-0.1, -0.05) is 12.1 Å². The number of hydrogen-bond acceptors (Lipinski definition) is 4. The van der Waals surface area contributed by atoms with Crippen LogP contribution in [-0.4, -0.2) is 29.0 Å². The Morgan fingerprint density at radius 3 is 2.57 bits per heavy atom. The number of carbonyl (C=O) groups excluding carboxylic acids is 1. The molecule has 0 saturated heterocycles. The van der Waals surface area contributed by atoms with Crippen molar-refractivity contribution in [1.82, 2.24) is 15.3 Å². The minimum atomic E-state index is -0.271. The van der Waals surface area contributed by atoms with Gasteiger partial charge in [0, 0.05) is 13.1 Å². The molecule has 2 N–H and O–H groups in total. The lowest BCUT2D eigenvalue weighted by atomic mass is 10.1. The Balaban J connectivity index is 1.82. The number of rotatable bonds is 6. The monoisotopic (exact) mass is 288 g/mol. The quantitative estimate of drug-likeness (QED) is 0.853. The molecule has 0 aliphatic rings. The second-order valence-electron chi connectivity index (χ2n) is 4.45. The molecule has 0 atom stereocenters. The summed E-state index contributed by atoms with van der Waals surface area (Å²) < 4.78 is 12.8. The standard InChI is InChI=1S/C15H17FN4O/c1-2-17-14-10-19-13(9-20-14)15(21)18-8-7-11-3-5-12(16)6-4-11/h3-6,9-10H,2,7-8H2,1H3,(H,17,20)(H,18,21). The first-order valence-corrected chi connectivity index (χ1v) is 6.77. The van der Waals surface area contributed by atoms with Gasteiger partial charge >= 0.3 is 0 Å². The van der Waals surface area contributed by atoms with E-state index in [1.165, 1.54) is 24.5 Å². The van der Waals surface area contributed by atoms with Gasteiger partial charge in [0.05, 0.1) is 12.4 Å². The molecule has 2 aromatic rings. The van der Waals surface area contributed by atoms with Crippen LogP contribution in [0.4, 0.5) is 10.2 Å². The van der Waals surface area contributed by atoms with Crippen molar-refractivity contribution in [2.75, 3.05) is 18.4 Å². The van der Waals surface area contributed by atoms with E-state index in [0.717, 1.165) is 12.1 Å². The molecule has 0 spiro atoms. The van der Waals surface area contributed by atoms with Crippen LogP contribution >= 0.6 is 0 Å². The summed E-state index contributed by atoms with van der Waals surface area (Å²) in [6, 6.07) is 6.21. The number of anilines is 1.